The average molecular weight is 274 g/mol. The maximum atomic E-state index is 9.71. The van der Waals surface area contributed by atoms with Crippen molar-refractivity contribution in [3.63, 3.8) is 0 Å². The summed E-state index contributed by atoms with van der Waals surface area (Å²) in [5.74, 6) is 2.07. The number of hydrogen-bond acceptors (Lipinski definition) is 4. The van der Waals surface area contributed by atoms with Crippen LogP contribution in [0.15, 0.2) is 47.5 Å². The molecule has 0 amide bonds. The topological polar surface area (TPSA) is 45.1 Å². The van der Waals surface area contributed by atoms with Crippen molar-refractivity contribution in [2.75, 3.05) is 11.9 Å². The summed E-state index contributed by atoms with van der Waals surface area (Å²) in [5.41, 5.74) is 1.20. The molecule has 0 radical (unpaired) electrons. The van der Waals surface area contributed by atoms with Crippen LogP contribution >= 0.6 is 11.8 Å². The van der Waals surface area contributed by atoms with E-state index in [-0.39, 0.29) is 0 Å². The molecule has 0 bridgehead atoms. The Morgan fingerprint density at radius 1 is 1.26 bits per heavy atom. The molecule has 2 N–H and O–H groups in total. The van der Waals surface area contributed by atoms with Crippen LogP contribution in [0.25, 0.3) is 0 Å². The number of para-hydroxylation sites is 1. The van der Waals surface area contributed by atoms with Gasteiger partial charge in [-0.3, -0.25) is 0 Å². The molecule has 0 atom stereocenters. The molecule has 0 unspecified atom stereocenters. The van der Waals surface area contributed by atoms with Crippen LogP contribution in [0.5, 0.6) is 5.75 Å². The monoisotopic (exact) mass is 274 g/mol. The summed E-state index contributed by atoms with van der Waals surface area (Å²) in [6.07, 6.45) is 2.90. The predicted octanol–water partition coefficient (Wildman–Crippen LogP) is 3.90. The summed E-state index contributed by atoms with van der Waals surface area (Å²) in [6.45, 7) is 3.06. The first-order valence-corrected chi connectivity index (χ1v) is 7.37. The number of hydrogen-bond donors (Lipinski definition) is 2. The van der Waals surface area contributed by atoms with Crippen molar-refractivity contribution in [2.45, 2.75) is 24.0 Å². The third-order valence-corrected chi connectivity index (χ3v) is 3.77. The molecule has 0 fully saturated rings. The second-order valence-corrected chi connectivity index (χ2v) is 5.25. The van der Waals surface area contributed by atoms with E-state index in [0.29, 0.717) is 5.75 Å². The number of phenols is 1. The van der Waals surface area contributed by atoms with Crippen molar-refractivity contribution in [3.8, 4) is 5.75 Å². The fourth-order valence-electron chi connectivity index (χ4n) is 1.65. The van der Waals surface area contributed by atoms with E-state index < -0.39 is 0 Å². The molecular formula is C15H18N2OS. The number of nitrogens with one attached hydrogen (secondary N) is 1. The molecule has 0 saturated carbocycles. The lowest BCUT2D eigenvalue weighted by molar-refractivity contribution is 0.462. The van der Waals surface area contributed by atoms with Crippen LogP contribution in [0.1, 0.15) is 18.9 Å². The maximum Gasteiger partial charge on any atom is 0.129 e. The molecule has 1 aromatic carbocycles. The van der Waals surface area contributed by atoms with Gasteiger partial charge in [0.15, 0.2) is 0 Å². The van der Waals surface area contributed by atoms with Crippen LogP contribution in [0, 0.1) is 0 Å². The lowest BCUT2D eigenvalue weighted by Crippen LogP contribution is -2.01. The minimum absolute atomic E-state index is 0.339. The van der Waals surface area contributed by atoms with Crippen molar-refractivity contribution < 1.29 is 5.11 Å². The van der Waals surface area contributed by atoms with Gasteiger partial charge in [0.2, 0.25) is 0 Å². The normalized spacial score (nSPS) is 10.4. The molecule has 100 valence electrons. The van der Waals surface area contributed by atoms with E-state index in [9.17, 15) is 5.11 Å². The molecule has 0 spiro atoms. The molecule has 0 aliphatic heterocycles. The van der Waals surface area contributed by atoms with Crippen LogP contribution in [0.2, 0.25) is 0 Å². The van der Waals surface area contributed by atoms with Crippen LogP contribution < -0.4 is 5.32 Å². The third-order valence-electron chi connectivity index (χ3n) is 2.64. The van der Waals surface area contributed by atoms with Gasteiger partial charge in [-0.1, -0.05) is 19.1 Å². The Morgan fingerprint density at radius 3 is 2.89 bits per heavy atom. The molecule has 1 aromatic heterocycles. The Bertz CT molecular complexity index is 531. The number of benzene rings is 1. The van der Waals surface area contributed by atoms with E-state index in [1.54, 1.807) is 17.8 Å². The second kappa shape index (κ2) is 7.04. The molecule has 0 aliphatic carbocycles. The van der Waals surface area contributed by atoms with E-state index >= 15 is 0 Å². The maximum absolute atomic E-state index is 9.71. The molecule has 2 rings (SSSR count). The molecule has 2 aromatic rings. The lowest BCUT2D eigenvalue weighted by atomic mass is 10.3. The van der Waals surface area contributed by atoms with Gasteiger partial charge in [0.1, 0.15) is 11.6 Å². The van der Waals surface area contributed by atoms with E-state index in [1.165, 1.54) is 5.56 Å². The summed E-state index contributed by atoms with van der Waals surface area (Å²) >= 11 is 1.63. The van der Waals surface area contributed by atoms with Crippen LogP contribution in [0.4, 0.5) is 5.82 Å². The number of thioether (sulfide) groups is 1. The quantitative estimate of drug-likeness (QED) is 0.784. The molecule has 3 nitrogen and oxygen atoms in total. The fourth-order valence-corrected chi connectivity index (χ4v) is 2.55. The van der Waals surface area contributed by atoms with Gasteiger partial charge in [-0.05, 0) is 36.2 Å². The highest BCUT2D eigenvalue weighted by Gasteiger charge is 2.02. The van der Waals surface area contributed by atoms with Crippen molar-refractivity contribution in [1.29, 1.82) is 0 Å². The lowest BCUT2D eigenvalue weighted by Gasteiger charge is -2.07. The Kier molecular flexibility index (Phi) is 5.10. The minimum Gasteiger partial charge on any atom is -0.507 e. The van der Waals surface area contributed by atoms with E-state index in [4.69, 9.17) is 0 Å². The fraction of sp³-hybridized carbons (Fsp3) is 0.267. The first-order valence-electron chi connectivity index (χ1n) is 6.39. The molecule has 0 saturated heterocycles. The number of aromatic nitrogens is 1. The molecule has 4 heteroatoms. The summed E-state index contributed by atoms with van der Waals surface area (Å²) in [7, 11) is 0. The predicted molar refractivity (Wildman–Crippen MR) is 80.7 cm³/mol. The zero-order valence-corrected chi connectivity index (χ0v) is 11.8. The van der Waals surface area contributed by atoms with Gasteiger partial charge < -0.3 is 10.4 Å². The summed E-state index contributed by atoms with van der Waals surface area (Å²) < 4.78 is 0. The van der Waals surface area contributed by atoms with Crippen LogP contribution in [-0.4, -0.2) is 16.6 Å². The van der Waals surface area contributed by atoms with Crippen molar-refractivity contribution >= 4 is 17.6 Å². The Balaban J connectivity index is 1.98. The average Bonchev–Trinajstić information content (AvgIpc) is 2.45. The Labute approximate surface area is 118 Å². The first-order chi connectivity index (χ1) is 9.29. The largest absolute Gasteiger partial charge is 0.507 e. The van der Waals surface area contributed by atoms with Gasteiger partial charge in [0.05, 0.1) is 0 Å². The second-order valence-electron chi connectivity index (χ2n) is 4.23. The van der Waals surface area contributed by atoms with Gasteiger partial charge in [0, 0.05) is 23.4 Å². The Morgan fingerprint density at radius 2 is 2.11 bits per heavy atom. The number of rotatable bonds is 6. The highest BCUT2D eigenvalue weighted by molar-refractivity contribution is 7.98. The summed E-state index contributed by atoms with van der Waals surface area (Å²) in [4.78, 5) is 5.18. The first kappa shape index (κ1) is 13.7. The van der Waals surface area contributed by atoms with Gasteiger partial charge >= 0.3 is 0 Å². The van der Waals surface area contributed by atoms with Gasteiger partial charge in [0.25, 0.3) is 0 Å². The van der Waals surface area contributed by atoms with Crippen molar-refractivity contribution in [2.24, 2.45) is 0 Å². The molecule has 19 heavy (non-hydrogen) atoms. The van der Waals surface area contributed by atoms with E-state index in [1.807, 2.05) is 30.5 Å². The van der Waals surface area contributed by atoms with E-state index in [2.05, 4.69) is 23.3 Å². The van der Waals surface area contributed by atoms with Gasteiger partial charge in [-0.15, -0.1) is 11.8 Å². The number of pyridine rings is 1. The third kappa shape index (κ3) is 4.17. The highest BCUT2D eigenvalue weighted by atomic mass is 32.2. The standard InChI is InChI=1S/C15H18N2OS/c1-2-8-16-15-10-12(7-9-17-15)11-19-14-6-4-3-5-13(14)18/h3-7,9-10,18H,2,8,11H2,1H3,(H,16,17). The molecule has 0 aliphatic rings. The zero-order chi connectivity index (χ0) is 13.5. The summed E-state index contributed by atoms with van der Waals surface area (Å²) in [5, 5.41) is 13.0. The van der Waals surface area contributed by atoms with E-state index in [0.717, 1.165) is 29.4 Å². The number of aromatic hydroxyl groups is 1. The van der Waals surface area contributed by atoms with Crippen molar-refractivity contribution in [3.05, 3.63) is 48.2 Å². The zero-order valence-electron chi connectivity index (χ0n) is 11.0. The number of anilines is 1. The van der Waals surface area contributed by atoms with Crippen molar-refractivity contribution in [1.82, 2.24) is 4.98 Å². The molecular weight excluding hydrogens is 256 g/mol. The highest BCUT2D eigenvalue weighted by Crippen LogP contribution is 2.30. The SMILES string of the molecule is CCCNc1cc(CSc2ccccc2O)ccn1. The van der Waals surface area contributed by atoms with Gasteiger partial charge in [-0.25, -0.2) is 4.98 Å². The minimum atomic E-state index is 0.339. The van der Waals surface area contributed by atoms with Gasteiger partial charge in [-0.2, -0.15) is 0 Å². The van der Waals surface area contributed by atoms with Crippen LogP contribution in [0.3, 0.4) is 0 Å². The Hall–Kier alpha value is -1.68. The molecule has 1 heterocycles. The van der Waals surface area contributed by atoms with Crippen LogP contribution in [-0.2, 0) is 5.75 Å². The number of nitrogens with zero attached hydrogens (tertiary/aromatic N) is 1. The number of phenolic OH excluding ortho intramolecular Hbond substituents is 1. The summed E-state index contributed by atoms with van der Waals surface area (Å²) in [6, 6.07) is 11.5. The smallest absolute Gasteiger partial charge is 0.129 e.